The van der Waals surface area contributed by atoms with Crippen LogP contribution in [0, 0.1) is 0 Å². The van der Waals surface area contributed by atoms with Crippen LogP contribution in [0.5, 0.6) is 0 Å². The summed E-state index contributed by atoms with van der Waals surface area (Å²) in [4.78, 5) is 12.1. The van der Waals surface area contributed by atoms with E-state index < -0.39 is 0 Å². The number of Topliss-reactive ketones (excluding diaryl/α,β-unsaturated/α-hetero) is 1. The number of benzene rings is 2. The Morgan fingerprint density at radius 2 is 1.56 bits per heavy atom. The van der Waals surface area contributed by atoms with Crippen LogP contribution in [0.1, 0.15) is 28.3 Å². The Morgan fingerprint density at radius 3 is 2.11 bits per heavy atom. The second-order valence-electron chi connectivity index (χ2n) is 4.25. The van der Waals surface area contributed by atoms with Crippen LogP contribution in [-0.2, 0) is 0 Å². The lowest BCUT2D eigenvalue weighted by atomic mass is 9.92. The van der Waals surface area contributed by atoms with E-state index in [0.717, 1.165) is 11.1 Å². The number of hydrogen-bond donors (Lipinski definition) is 0. The molecule has 0 fully saturated rings. The van der Waals surface area contributed by atoms with Crippen molar-refractivity contribution in [2.75, 3.05) is 0 Å². The summed E-state index contributed by atoms with van der Waals surface area (Å²) in [5.41, 5.74) is 1.90. The number of ketones is 1. The Balaban J connectivity index is 2.13. The molecule has 0 heterocycles. The molecule has 0 aliphatic rings. The molecule has 0 saturated carbocycles. The summed E-state index contributed by atoms with van der Waals surface area (Å²) >= 11 is 0. The zero-order valence-corrected chi connectivity index (χ0v) is 10.3. The van der Waals surface area contributed by atoms with Crippen molar-refractivity contribution in [1.29, 1.82) is 0 Å². The van der Waals surface area contributed by atoms with Crippen LogP contribution in [0.2, 0.25) is 0 Å². The molecule has 18 heavy (non-hydrogen) atoms. The predicted molar refractivity (Wildman–Crippen MR) is 74.8 cm³/mol. The third-order valence-corrected chi connectivity index (χ3v) is 3.01. The Morgan fingerprint density at radius 1 is 1.00 bits per heavy atom. The standard InChI is InChI=1S/C17H16O/c1-2-14(15-9-5-3-6-10-15)13-17(18)16-11-7-4-8-12-16/h2-12,14H,1,13H2/t14-/m0/s1. The van der Waals surface area contributed by atoms with Gasteiger partial charge >= 0.3 is 0 Å². The van der Waals surface area contributed by atoms with Crippen LogP contribution < -0.4 is 0 Å². The molecule has 0 aliphatic carbocycles. The molecular weight excluding hydrogens is 220 g/mol. The van der Waals surface area contributed by atoms with Gasteiger partial charge in [-0.1, -0.05) is 66.7 Å². The molecule has 0 amide bonds. The van der Waals surface area contributed by atoms with E-state index in [9.17, 15) is 4.79 Å². The first-order valence-electron chi connectivity index (χ1n) is 6.07. The van der Waals surface area contributed by atoms with Gasteiger partial charge in [-0.05, 0) is 5.56 Å². The molecule has 1 atom stereocenters. The number of rotatable bonds is 5. The van der Waals surface area contributed by atoms with Crippen molar-refractivity contribution in [3.05, 3.63) is 84.4 Å². The predicted octanol–water partition coefficient (Wildman–Crippen LogP) is 4.23. The van der Waals surface area contributed by atoms with E-state index >= 15 is 0 Å². The molecule has 0 aliphatic heterocycles. The highest BCUT2D eigenvalue weighted by atomic mass is 16.1. The molecule has 1 nitrogen and oxygen atoms in total. The lowest BCUT2D eigenvalue weighted by Crippen LogP contribution is -2.05. The van der Waals surface area contributed by atoms with E-state index in [1.165, 1.54) is 0 Å². The number of carbonyl (C=O) groups is 1. The Hall–Kier alpha value is -2.15. The van der Waals surface area contributed by atoms with Gasteiger partial charge in [-0.3, -0.25) is 4.79 Å². The fourth-order valence-corrected chi connectivity index (χ4v) is 1.98. The summed E-state index contributed by atoms with van der Waals surface area (Å²) in [5.74, 6) is 0.239. The van der Waals surface area contributed by atoms with Gasteiger partial charge in [0, 0.05) is 17.9 Å². The van der Waals surface area contributed by atoms with E-state index in [-0.39, 0.29) is 11.7 Å². The van der Waals surface area contributed by atoms with Gasteiger partial charge in [0.1, 0.15) is 0 Å². The largest absolute Gasteiger partial charge is 0.294 e. The van der Waals surface area contributed by atoms with E-state index in [0.29, 0.717) is 6.42 Å². The summed E-state index contributed by atoms with van der Waals surface area (Å²) in [6.45, 7) is 3.83. The maximum atomic E-state index is 12.1. The molecular formula is C17H16O. The highest BCUT2D eigenvalue weighted by Crippen LogP contribution is 2.22. The SMILES string of the molecule is C=C[C@@H](CC(=O)c1ccccc1)c1ccccc1. The first-order valence-corrected chi connectivity index (χ1v) is 6.07. The maximum Gasteiger partial charge on any atom is 0.163 e. The Kier molecular flexibility index (Phi) is 4.08. The average molecular weight is 236 g/mol. The van der Waals surface area contributed by atoms with Crippen LogP contribution in [0.3, 0.4) is 0 Å². The van der Waals surface area contributed by atoms with E-state index in [2.05, 4.69) is 6.58 Å². The van der Waals surface area contributed by atoms with Crippen molar-refractivity contribution < 1.29 is 4.79 Å². The van der Waals surface area contributed by atoms with Gasteiger partial charge in [0.25, 0.3) is 0 Å². The molecule has 90 valence electrons. The molecule has 2 aromatic rings. The topological polar surface area (TPSA) is 17.1 Å². The van der Waals surface area contributed by atoms with Crippen molar-refractivity contribution in [2.45, 2.75) is 12.3 Å². The molecule has 0 spiro atoms. The molecule has 0 N–H and O–H groups in total. The smallest absolute Gasteiger partial charge is 0.163 e. The van der Waals surface area contributed by atoms with Crippen LogP contribution in [0.25, 0.3) is 0 Å². The highest BCUT2D eigenvalue weighted by Gasteiger charge is 2.13. The first kappa shape index (κ1) is 12.3. The van der Waals surface area contributed by atoms with Gasteiger partial charge in [0.15, 0.2) is 5.78 Å². The summed E-state index contributed by atoms with van der Waals surface area (Å²) in [6, 6.07) is 19.4. The summed E-state index contributed by atoms with van der Waals surface area (Å²) in [5, 5.41) is 0. The number of allylic oxidation sites excluding steroid dienone is 1. The third kappa shape index (κ3) is 2.95. The highest BCUT2D eigenvalue weighted by molar-refractivity contribution is 5.96. The van der Waals surface area contributed by atoms with E-state index in [1.807, 2.05) is 66.7 Å². The molecule has 0 aromatic heterocycles. The van der Waals surface area contributed by atoms with Gasteiger partial charge in [0.05, 0.1) is 0 Å². The zero-order chi connectivity index (χ0) is 12.8. The molecule has 2 rings (SSSR count). The van der Waals surface area contributed by atoms with E-state index in [4.69, 9.17) is 0 Å². The average Bonchev–Trinajstić information content (AvgIpc) is 2.46. The molecule has 2 aromatic carbocycles. The summed E-state index contributed by atoms with van der Waals surface area (Å²) < 4.78 is 0. The molecule has 0 bridgehead atoms. The van der Waals surface area contributed by atoms with Crippen LogP contribution in [0.15, 0.2) is 73.3 Å². The van der Waals surface area contributed by atoms with Crippen molar-refractivity contribution in [2.24, 2.45) is 0 Å². The molecule has 0 unspecified atom stereocenters. The van der Waals surface area contributed by atoms with Gasteiger partial charge < -0.3 is 0 Å². The van der Waals surface area contributed by atoms with Crippen molar-refractivity contribution in [3.63, 3.8) is 0 Å². The van der Waals surface area contributed by atoms with Gasteiger partial charge in [-0.2, -0.15) is 0 Å². The minimum absolute atomic E-state index is 0.0823. The van der Waals surface area contributed by atoms with Gasteiger partial charge in [-0.15, -0.1) is 6.58 Å². The van der Waals surface area contributed by atoms with Crippen molar-refractivity contribution >= 4 is 5.78 Å². The summed E-state index contributed by atoms with van der Waals surface area (Å²) in [6.07, 6.45) is 2.31. The molecule has 0 saturated heterocycles. The summed E-state index contributed by atoms with van der Waals surface area (Å²) in [7, 11) is 0. The van der Waals surface area contributed by atoms with Crippen LogP contribution >= 0.6 is 0 Å². The Labute approximate surface area is 108 Å². The van der Waals surface area contributed by atoms with Gasteiger partial charge in [-0.25, -0.2) is 0 Å². The fourth-order valence-electron chi connectivity index (χ4n) is 1.98. The third-order valence-electron chi connectivity index (χ3n) is 3.01. The number of carbonyl (C=O) groups excluding carboxylic acids is 1. The monoisotopic (exact) mass is 236 g/mol. The second kappa shape index (κ2) is 5.97. The number of hydrogen-bond acceptors (Lipinski definition) is 1. The minimum atomic E-state index is 0.0823. The lowest BCUT2D eigenvalue weighted by Gasteiger charge is -2.11. The minimum Gasteiger partial charge on any atom is -0.294 e. The normalized spacial score (nSPS) is 11.8. The Bertz CT molecular complexity index is 514. The maximum absolute atomic E-state index is 12.1. The zero-order valence-electron chi connectivity index (χ0n) is 10.3. The van der Waals surface area contributed by atoms with Gasteiger partial charge in [0.2, 0.25) is 0 Å². The molecule has 1 heteroatoms. The fraction of sp³-hybridized carbons (Fsp3) is 0.118. The van der Waals surface area contributed by atoms with Crippen molar-refractivity contribution in [1.82, 2.24) is 0 Å². The van der Waals surface area contributed by atoms with Crippen LogP contribution in [-0.4, -0.2) is 5.78 Å². The first-order chi connectivity index (χ1) is 8.81. The second-order valence-corrected chi connectivity index (χ2v) is 4.25. The van der Waals surface area contributed by atoms with Crippen molar-refractivity contribution in [3.8, 4) is 0 Å². The molecule has 0 radical (unpaired) electrons. The lowest BCUT2D eigenvalue weighted by molar-refractivity contribution is 0.0978. The quantitative estimate of drug-likeness (QED) is 0.561. The van der Waals surface area contributed by atoms with E-state index in [1.54, 1.807) is 0 Å². The van der Waals surface area contributed by atoms with Crippen LogP contribution in [0.4, 0.5) is 0 Å².